The fourth-order valence-corrected chi connectivity index (χ4v) is 0.269. The van der Waals surface area contributed by atoms with Crippen molar-refractivity contribution in [2.24, 2.45) is 5.73 Å². The molecule has 3 nitrogen and oxygen atoms in total. The summed E-state index contributed by atoms with van der Waals surface area (Å²) in [5.41, 5.74) is 5.51. The van der Waals surface area contributed by atoms with Crippen molar-refractivity contribution in [3.63, 3.8) is 0 Å². The highest BCUT2D eigenvalue weighted by Crippen LogP contribution is 1.92. The number of allylic oxidation sites excluding steroid dienone is 1. The SMILES string of the molecule is C=C(C)C(=O)OC(C)N.C=CC. The van der Waals surface area contributed by atoms with E-state index in [-0.39, 0.29) is 0 Å². The molecule has 0 saturated heterocycles. The minimum Gasteiger partial charge on any atom is -0.444 e. The van der Waals surface area contributed by atoms with E-state index in [0.717, 1.165) is 0 Å². The fourth-order valence-electron chi connectivity index (χ4n) is 0.269. The van der Waals surface area contributed by atoms with Gasteiger partial charge in [-0.05, 0) is 20.8 Å². The third-order valence-electron chi connectivity index (χ3n) is 0.641. The molecule has 0 saturated carbocycles. The van der Waals surface area contributed by atoms with Gasteiger partial charge < -0.3 is 4.74 Å². The van der Waals surface area contributed by atoms with E-state index < -0.39 is 12.2 Å². The number of nitrogens with two attached hydrogens (primary N) is 1. The van der Waals surface area contributed by atoms with E-state index in [4.69, 9.17) is 5.73 Å². The topological polar surface area (TPSA) is 52.3 Å². The van der Waals surface area contributed by atoms with Crippen LogP contribution in [0.2, 0.25) is 0 Å². The van der Waals surface area contributed by atoms with Gasteiger partial charge in [0.2, 0.25) is 0 Å². The van der Waals surface area contributed by atoms with Crippen molar-refractivity contribution in [3.05, 3.63) is 24.8 Å². The van der Waals surface area contributed by atoms with Crippen LogP contribution in [0.25, 0.3) is 0 Å². The van der Waals surface area contributed by atoms with Crippen molar-refractivity contribution in [3.8, 4) is 0 Å². The summed E-state index contributed by atoms with van der Waals surface area (Å²) in [5, 5.41) is 0. The maximum atomic E-state index is 10.6. The number of hydrogen-bond donors (Lipinski definition) is 1. The summed E-state index contributed by atoms with van der Waals surface area (Å²) in [7, 11) is 0. The lowest BCUT2D eigenvalue weighted by molar-refractivity contribution is -0.143. The van der Waals surface area contributed by atoms with E-state index in [0.29, 0.717) is 5.57 Å². The average molecular weight is 171 g/mol. The standard InChI is InChI=1S/C6H11NO2.C3H6/c1-4(2)6(8)9-5(3)7;1-3-2/h5H,1,7H2,2-3H3;3H,1H2,2H3. The molecular weight excluding hydrogens is 154 g/mol. The molecule has 12 heavy (non-hydrogen) atoms. The molecule has 0 radical (unpaired) electrons. The Balaban J connectivity index is 0. The van der Waals surface area contributed by atoms with E-state index in [1.807, 2.05) is 6.92 Å². The number of esters is 1. The van der Waals surface area contributed by atoms with Crippen LogP contribution in [0.5, 0.6) is 0 Å². The van der Waals surface area contributed by atoms with E-state index >= 15 is 0 Å². The van der Waals surface area contributed by atoms with E-state index in [2.05, 4.69) is 17.9 Å². The Labute approximate surface area is 73.9 Å². The Bertz CT molecular complexity index is 162. The van der Waals surface area contributed by atoms with Gasteiger partial charge in [0.25, 0.3) is 0 Å². The van der Waals surface area contributed by atoms with Gasteiger partial charge in [0.15, 0.2) is 0 Å². The van der Waals surface area contributed by atoms with Crippen LogP contribution in [0, 0.1) is 0 Å². The van der Waals surface area contributed by atoms with Gasteiger partial charge in [-0.1, -0.05) is 12.7 Å². The molecule has 0 fully saturated rings. The number of rotatable bonds is 2. The lowest BCUT2D eigenvalue weighted by Gasteiger charge is -2.05. The van der Waals surface area contributed by atoms with Crippen molar-refractivity contribution in [2.75, 3.05) is 0 Å². The van der Waals surface area contributed by atoms with Crippen LogP contribution in [0.4, 0.5) is 0 Å². The summed E-state index contributed by atoms with van der Waals surface area (Å²) in [6, 6.07) is 0. The molecule has 0 amide bonds. The zero-order valence-electron chi connectivity index (χ0n) is 7.96. The molecule has 0 heterocycles. The largest absolute Gasteiger partial charge is 0.444 e. The second-order valence-corrected chi connectivity index (χ2v) is 2.30. The Morgan fingerprint density at radius 2 is 2.00 bits per heavy atom. The van der Waals surface area contributed by atoms with Crippen LogP contribution in [-0.4, -0.2) is 12.2 Å². The van der Waals surface area contributed by atoms with Crippen molar-refractivity contribution in [1.29, 1.82) is 0 Å². The first kappa shape index (κ1) is 13.5. The van der Waals surface area contributed by atoms with Gasteiger partial charge in [0.05, 0.1) is 0 Å². The van der Waals surface area contributed by atoms with Crippen LogP contribution in [0.1, 0.15) is 20.8 Å². The molecule has 0 spiro atoms. The van der Waals surface area contributed by atoms with E-state index in [1.165, 1.54) is 0 Å². The maximum absolute atomic E-state index is 10.6. The summed E-state index contributed by atoms with van der Waals surface area (Å²) in [5.74, 6) is -0.440. The molecule has 0 aliphatic rings. The highest BCUT2D eigenvalue weighted by molar-refractivity contribution is 5.86. The van der Waals surface area contributed by atoms with Gasteiger partial charge in [-0.15, -0.1) is 6.58 Å². The first-order valence-electron chi connectivity index (χ1n) is 3.64. The van der Waals surface area contributed by atoms with Gasteiger partial charge in [-0.3, -0.25) is 5.73 Å². The average Bonchev–Trinajstić information content (AvgIpc) is 1.87. The summed E-state index contributed by atoms with van der Waals surface area (Å²) in [4.78, 5) is 10.6. The van der Waals surface area contributed by atoms with Crippen LogP contribution in [0.3, 0.4) is 0 Å². The van der Waals surface area contributed by atoms with E-state index in [9.17, 15) is 4.79 Å². The predicted molar refractivity (Wildman–Crippen MR) is 50.4 cm³/mol. The minimum absolute atomic E-state index is 0.368. The van der Waals surface area contributed by atoms with Crippen molar-refractivity contribution in [2.45, 2.75) is 27.0 Å². The summed E-state index contributed by atoms with van der Waals surface area (Å²) in [6.07, 6.45) is 1.20. The second-order valence-electron chi connectivity index (χ2n) is 2.30. The molecule has 0 aliphatic heterocycles. The van der Waals surface area contributed by atoms with Crippen LogP contribution in [-0.2, 0) is 9.53 Å². The summed E-state index contributed by atoms with van der Waals surface area (Å²) < 4.78 is 4.55. The van der Waals surface area contributed by atoms with Gasteiger partial charge in [0, 0.05) is 5.57 Å². The first-order valence-corrected chi connectivity index (χ1v) is 3.64. The van der Waals surface area contributed by atoms with Crippen molar-refractivity contribution >= 4 is 5.97 Å². The Morgan fingerprint density at radius 1 is 1.67 bits per heavy atom. The molecule has 2 N–H and O–H groups in total. The van der Waals surface area contributed by atoms with E-state index in [1.54, 1.807) is 19.9 Å². The molecule has 0 aromatic carbocycles. The summed E-state index contributed by atoms with van der Waals surface area (Å²) >= 11 is 0. The number of carbonyl (C=O) groups excluding carboxylic acids is 1. The van der Waals surface area contributed by atoms with Gasteiger partial charge in [-0.25, -0.2) is 4.79 Å². The monoisotopic (exact) mass is 171 g/mol. The van der Waals surface area contributed by atoms with Crippen LogP contribution < -0.4 is 5.73 Å². The van der Waals surface area contributed by atoms with Gasteiger partial charge in [-0.2, -0.15) is 0 Å². The smallest absolute Gasteiger partial charge is 0.334 e. The minimum atomic E-state index is -0.547. The normalized spacial score (nSPS) is 10.3. The zero-order valence-corrected chi connectivity index (χ0v) is 7.96. The molecule has 1 unspecified atom stereocenters. The Hall–Kier alpha value is -1.09. The molecule has 1 atom stereocenters. The highest BCUT2D eigenvalue weighted by Gasteiger charge is 2.03. The van der Waals surface area contributed by atoms with Crippen molar-refractivity contribution < 1.29 is 9.53 Å². The predicted octanol–water partition coefficient (Wildman–Crippen LogP) is 1.60. The highest BCUT2D eigenvalue weighted by atomic mass is 16.6. The number of ether oxygens (including phenoxy) is 1. The molecule has 70 valence electrons. The zero-order chi connectivity index (χ0) is 10.1. The van der Waals surface area contributed by atoms with Gasteiger partial charge >= 0.3 is 5.97 Å². The second kappa shape index (κ2) is 8.01. The van der Waals surface area contributed by atoms with Crippen molar-refractivity contribution in [1.82, 2.24) is 0 Å². The van der Waals surface area contributed by atoms with Crippen LogP contribution in [0.15, 0.2) is 24.8 Å². The third-order valence-corrected chi connectivity index (χ3v) is 0.641. The lowest BCUT2D eigenvalue weighted by Crippen LogP contribution is -2.23. The maximum Gasteiger partial charge on any atom is 0.334 e. The fraction of sp³-hybridized carbons (Fsp3) is 0.444. The molecular formula is C9H17NO2. The van der Waals surface area contributed by atoms with Gasteiger partial charge in [0.1, 0.15) is 6.23 Å². The lowest BCUT2D eigenvalue weighted by atomic mass is 10.4. The number of hydrogen-bond acceptors (Lipinski definition) is 3. The third kappa shape index (κ3) is 11.7. The molecule has 0 bridgehead atoms. The molecule has 0 rings (SSSR count). The quantitative estimate of drug-likeness (QED) is 0.297. The summed E-state index contributed by atoms with van der Waals surface area (Å²) in [6.45, 7) is 11.8. The molecule has 0 aromatic heterocycles. The molecule has 3 heteroatoms. The Kier molecular flexibility index (Phi) is 9.01. The molecule has 0 aliphatic carbocycles. The number of carbonyl (C=O) groups is 1. The Morgan fingerprint density at radius 3 is 2.08 bits per heavy atom. The first-order chi connectivity index (χ1) is 5.45. The van der Waals surface area contributed by atoms with Crippen LogP contribution >= 0.6 is 0 Å². The molecule has 0 aromatic rings.